The van der Waals surface area contributed by atoms with Crippen molar-refractivity contribution in [2.24, 2.45) is 29.1 Å². The van der Waals surface area contributed by atoms with Crippen LogP contribution in [0, 0.1) is 29.1 Å². The van der Waals surface area contributed by atoms with E-state index >= 15 is 0 Å². The summed E-state index contributed by atoms with van der Waals surface area (Å²) in [4.78, 5) is 29.4. The average molecular weight is 436 g/mol. The molecule has 3 fully saturated rings. The Hall–Kier alpha value is -0.330. The Labute approximate surface area is 146 Å². The molecule has 6 unspecified atom stereocenters. The Balaban J connectivity index is 1.71. The summed E-state index contributed by atoms with van der Waals surface area (Å²) in [6.07, 6.45) is 2.34. The molecule has 0 N–H and O–H groups in total. The van der Waals surface area contributed by atoms with Crippen LogP contribution in [0.2, 0.25) is 0 Å². The molecule has 2 aliphatic carbocycles. The molecule has 3 rings (SSSR count). The second kappa shape index (κ2) is 6.19. The summed E-state index contributed by atoms with van der Waals surface area (Å²) in [5.74, 6) is 1.03. The van der Waals surface area contributed by atoms with E-state index in [1.165, 1.54) is 0 Å². The van der Waals surface area contributed by atoms with Crippen molar-refractivity contribution in [1.29, 1.82) is 0 Å². The summed E-state index contributed by atoms with van der Waals surface area (Å²) in [7, 11) is 0. The Morgan fingerprint density at radius 2 is 2.09 bits per heavy atom. The van der Waals surface area contributed by atoms with Gasteiger partial charge in [0, 0.05) is 0 Å². The van der Waals surface area contributed by atoms with E-state index in [1.807, 2.05) is 0 Å². The van der Waals surface area contributed by atoms with Gasteiger partial charge in [-0.15, -0.1) is 0 Å². The first-order chi connectivity index (χ1) is 10.7. The van der Waals surface area contributed by atoms with Gasteiger partial charge in [0.25, 0.3) is 0 Å². The van der Waals surface area contributed by atoms with Crippen molar-refractivity contribution in [3.05, 3.63) is 0 Å². The van der Waals surface area contributed by atoms with Crippen molar-refractivity contribution in [2.45, 2.75) is 52.2 Å². The number of esters is 2. The number of hydrogen-bond acceptors (Lipinski definition) is 4. The van der Waals surface area contributed by atoms with Crippen LogP contribution < -0.4 is 0 Å². The number of ether oxygens (including phenoxy) is 2. The summed E-state index contributed by atoms with van der Waals surface area (Å²) >= 11 is -1.05. The fraction of sp³-hybridized carbons (Fsp3) is 0.889. The second-order valence-electron chi connectivity index (χ2n) is 8.48. The van der Waals surface area contributed by atoms with Crippen molar-refractivity contribution in [3.8, 4) is 0 Å². The van der Waals surface area contributed by atoms with Crippen LogP contribution in [0.4, 0.5) is 0 Å². The number of fused-ring (bicyclic) bond motifs is 1. The molecule has 0 aromatic heterocycles. The monoisotopic (exact) mass is 436 g/mol. The van der Waals surface area contributed by atoms with E-state index in [0.717, 1.165) is 23.7 Å². The Morgan fingerprint density at radius 1 is 1.39 bits per heavy atom. The number of hydrogen-bond donors (Lipinski definition) is 0. The predicted molar refractivity (Wildman–Crippen MR) is 97.8 cm³/mol. The van der Waals surface area contributed by atoms with Crippen LogP contribution in [0.15, 0.2) is 0 Å². The van der Waals surface area contributed by atoms with Crippen LogP contribution in [0.1, 0.15) is 40.0 Å². The van der Waals surface area contributed by atoms with Crippen LogP contribution in [-0.4, -0.2) is 38.4 Å². The normalized spacial score (nSPS) is 37.7. The average Bonchev–Trinajstić information content (AvgIpc) is 3.01. The van der Waals surface area contributed by atoms with Crippen LogP contribution >= 0.6 is 19.8 Å². The van der Waals surface area contributed by atoms with Crippen molar-refractivity contribution in [1.82, 2.24) is 0 Å². The summed E-state index contributed by atoms with van der Waals surface area (Å²) in [5, 5.41) is 0. The van der Waals surface area contributed by atoms with Gasteiger partial charge >= 0.3 is 146 Å². The van der Waals surface area contributed by atoms with Gasteiger partial charge in [0.1, 0.15) is 0 Å². The van der Waals surface area contributed by atoms with Gasteiger partial charge < -0.3 is 0 Å². The zero-order valence-corrected chi connectivity index (χ0v) is 17.0. The maximum atomic E-state index is 13.0. The third kappa shape index (κ3) is 3.14. The molecule has 1 aliphatic heterocycles. The molecule has 1 heterocycles. The number of alkyl halides is 3. The van der Waals surface area contributed by atoms with E-state index in [-0.39, 0.29) is 35.5 Å². The fourth-order valence-corrected chi connectivity index (χ4v) is 9.00. The Kier molecular flexibility index (Phi) is 4.71. The van der Waals surface area contributed by atoms with E-state index in [0.29, 0.717) is 17.8 Å². The summed E-state index contributed by atoms with van der Waals surface area (Å²) < 4.78 is 12.5. The standard InChI is InChI=1S/C18H29IO4/c1-10(2)8-18(3,9-19(4)5)17(21)23-14-11-6-12-13(7-11)16(20)22-15(12)14/h10-15H,6-9H2,1-5H3. The number of carbonyl (C=O) groups excluding carboxylic acids is 2. The minimum absolute atomic E-state index is 0.0609. The number of carbonyl (C=O) groups is 2. The van der Waals surface area contributed by atoms with Crippen molar-refractivity contribution in [3.63, 3.8) is 0 Å². The Bertz CT molecular complexity index is 491. The van der Waals surface area contributed by atoms with Crippen molar-refractivity contribution >= 4 is 31.8 Å². The molecule has 132 valence electrons. The first kappa shape index (κ1) is 17.5. The molecule has 0 aromatic carbocycles. The van der Waals surface area contributed by atoms with Crippen LogP contribution in [-0.2, 0) is 19.1 Å². The third-order valence-corrected chi connectivity index (χ3v) is 8.78. The zero-order valence-electron chi connectivity index (χ0n) is 14.8. The summed E-state index contributed by atoms with van der Waals surface area (Å²) in [5.41, 5.74) is -0.383. The molecular weight excluding hydrogens is 407 g/mol. The van der Waals surface area contributed by atoms with Gasteiger partial charge in [0.2, 0.25) is 0 Å². The molecular formula is C18H29IO4. The van der Waals surface area contributed by atoms with Crippen LogP contribution in [0.5, 0.6) is 0 Å². The molecule has 2 saturated carbocycles. The van der Waals surface area contributed by atoms with Crippen molar-refractivity contribution in [2.75, 3.05) is 14.3 Å². The fourth-order valence-electron chi connectivity index (χ4n) is 5.01. The SMILES string of the molecule is CC(C)CC(C)(CI(C)C)C(=O)OC1C2CC3C(=O)OC1C3C2. The molecule has 0 aromatic rings. The maximum absolute atomic E-state index is 13.0. The summed E-state index contributed by atoms with van der Waals surface area (Å²) in [6, 6.07) is 0. The molecule has 2 bridgehead atoms. The van der Waals surface area contributed by atoms with Crippen LogP contribution in [0.25, 0.3) is 0 Å². The molecule has 4 nitrogen and oxygen atoms in total. The molecule has 0 radical (unpaired) electrons. The van der Waals surface area contributed by atoms with Gasteiger partial charge in [-0.2, -0.15) is 0 Å². The van der Waals surface area contributed by atoms with Gasteiger partial charge in [0.15, 0.2) is 0 Å². The van der Waals surface area contributed by atoms with Crippen molar-refractivity contribution < 1.29 is 19.1 Å². The molecule has 1 saturated heterocycles. The van der Waals surface area contributed by atoms with Gasteiger partial charge in [-0.05, 0) is 0 Å². The topological polar surface area (TPSA) is 52.6 Å². The van der Waals surface area contributed by atoms with Gasteiger partial charge in [-0.3, -0.25) is 0 Å². The molecule has 23 heavy (non-hydrogen) atoms. The molecule has 0 amide bonds. The van der Waals surface area contributed by atoms with E-state index in [2.05, 4.69) is 30.6 Å². The third-order valence-electron chi connectivity index (χ3n) is 5.57. The molecule has 0 spiro atoms. The van der Waals surface area contributed by atoms with Gasteiger partial charge in [0.05, 0.1) is 0 Å². The van der Waals surface area contributed by atoms with Crippen LogP contribution in [0.3, 0.4) is 0 Å². The first-order valence-corrected chi connectivity index (χ1v) is 14.4. The molecule has 5 heteroatoms. The summed E-state index contributed by atoms with van der Waals surface area (Å²) in [6.45, 7) is 6.40. The number of rotatable bonds is 6. The Morgan fingerprint density at radius 3 is 2.70 bits per heavy atom. The van der Waals surface area contributed by atoms with E-state index in [9.17, 15) is 9.59 Å². The zero-order chi connectivity index (χ0) is 16.9. The minimum atomic E-state index is -1.05. The molecule has 3 aliphatic rings. The number of halogens is 1. The second-order valence-corrected chi connectivity index (χ2v) is 14.4. The first-order valence-electron chi connectivity index (χ1n) is 8.59. The predicted octanol–water partition coefficient (Wildman–Crippen LogP) is 3.30. The van der Waals surface area contributed by atoms with E-state index < -0.39 is 19.8 Å². The van der Waals surface area contributed by atoms with E-state index in [4.69, 9.17) is 9.47 Å². The van der Waals surface area contributed by atoms with Gasteiger partial charge in [-0.1, -0.05) is 0 Å². The molecule has 6 atom stereocenters. The van der Waals surface area contributed by atoms with E-state index in [1.54, 1.807) is 0 Å². The van der Waals surface area contributed by atoms with Gasteiger partial charge in [-0.25, -0.2) is 0 Å². The quantitative estimate of drug-likeness (QED) is 0.364.